The molecule has 0 bridgehead atoms. The van der Waals surface area contributed by atoms with E-state index in [0.717, 1.165) is 19.6 Å². The van der Waals surface area contributed by atoms with Crippen LogP contribution in [0.1, 0.15) is 20.3 Å². The van der Waals surface area contributed by atoms with Gasteiger partial charge in [0.25, 0.3) is 0 Å². The zero-order valence-electron chi connectivity index (χ0n) is 8.21. The third-order valence-electron chi connectivity index (χ3n) is 1.55. The number of hydrogen-bond acceptors (Lipinski definition) is 2. The largest absolute Gasteiger partial charge is 0.357 e. The average molecular weight is 188 g/mol. The lowest BCUT2D eigenvalue weighted by Crippen LogP contribution is -2.24. The van der Waals surface area contributed by atoms with Crippen LogP contribution in [-0.2, 0) is 9.47 Å². The lowest BCUT2D eigenvalue weighted by molar-refractivity contribution is -0.0827. The van der Waals surface area contributed by atoms with Gasteiger partial charge in [0.05, 0.1) is 9.52 Å². The molecule has 0 rings (SSSR count). The first-order chi connectivity index (χ1) is 5.85. The molecule has 0 atom stereocenters. The summed E-state index contributed by atoms with van der Waals surface area (Å²) < 4.78 is 10.9. The molecule has 0 radical (unpaired) electrons. The Hall–Kier alpha value is -0.123. The Bertz CT molecular complexity index is 101. The minimum Gasteiger partial charge on any atom is -0.357 e. The molecule has 0 aliphatic heterocycles. The van der Waals surface area contributed by atoms with E-state index in [1.165, 1.54) is 6.04 Å². The van der Waals surface area contributed by atoms with Gasteiger partial charge in [-0.1, -0.05) is 12.1 Å². The van der Waals surface area contributed by atoms with Gasteiger partial charge in [-0.15, -0.1) is 6.58 Å². The maximum Gasteiger partial charge on any atom is 0.134 e. The van der Waals surface area contributed by atoms with Crippen LogP contribution in [0.3, 0.4) is 0 Å². The van der Waals surface area contributed by atoms with Gasteiger partial charge in [0, 0.05) is 13.2 Å². The second kappa shape index (κ2) is 8.97. The normalized spacial score (nSPS) is 11.6. The molecule has 3 heteroatoms. The van der Waals surface area contributed by atoms with Gasteiger partial charge in [-0.2, -0.15) is 0 Å². The standard InChI is InChI=1S/C9H20O2Si/c1-4-7-8-12-9(10-5-2)11-6-3/h4,9H,1,5-8,12H2,2-3H3. The summed E-state index contributed by atoms with van der Waals surface area (Å²) in [5.41, 5.74) is 0. The molecule has 0 aromatic rings. The monoisotopic (exact) mass is 188 g/mol. The summed E-state index contributed by atoms with van der Waals surface area (Å²) in [7, 11) is -0.223. The van der Waals surface area contributed by atoms with Crippen LogP contribution in [0.15, 0.2) is 12.7 Å². The Balaban J connectivity index is 3.40. The van der Waals surface area contributed by atoms with Crippen molar-refractivity contribution in [1.82, 2.24) is 0 Å². The van der Waals surface area contributed by atoms with E-state index >= 15 is 0 Å². The highest BCUT2D eigenvalue weighted by Crippen LogP contribution is 1.98. The summed E-state index contributed by atoms with van der Waals surface area (Å²) in [5.74, 6) is 0.125. The molecule has 72 valence electrons. The van der Waals surface area contributed by atoms with E-state index in [-0.39, 0.29) is 15.4 Å². The van der Waals surface area contributed by atoms with Crippen LogP contribution in [0.4, 0.5) is 0 Å². The van der Waals surface area contributed by atoms with Gasteiger partial charge in [0.15, 0.2) is 0 Å². The van der Waals surface area contributed by atoms with Crippen LogP contribution in [-0.4, -0.2) is 28.6 Å². The van der Waals surface area contributed by atoms with E-state index in [9.17, 15) is 0 Å². The Labute approximate surface area is 77.8 Å². The van der Waals surface area contributed by atoms with Gasteiger partial charge in [-0.3, -0.25) is 0 Å². The molecular formula is C9H20O2Si. The first-order valence-electron chi connectivity index (χ1n) is 4.69. The van der Waals surface area contributed by atoms with Gasteiger partial charge < -0.3 is 9.47 Å². The number of hydrogen-bond donors (Lipinski definition) is 0. The van der Waals surface area contributed by atoms with Crippen LogP contribution >= 0.6 is 0 Å². The zero-order chi connectivity index (χ0) is 9.23. The molecule has 0 N–H and O–H groups in total. The van der Waals surface area contributed by atoms with Crippen molar-refractivity contribution in [3.05, 3.63) is 12.7 Å². The quantitative estimate of drug-likeness (QED) is 0.249. The maximum atomic E-state index is 5.43. The smallest absolute Gasteiger partial charge is 0.134 e. The van der Waals surface area contributed by atoms with Crippen LogP contribution in [0.2, 0.25) is 6.04 Å². The van der Waals surface area contributed by atoms with Crippen molar-refractivity contribution in [2.75, 3.05) is 13.2 Å². The minimum absolute atomic E-state index is 0.125. The second-order valence-electron chi connectivity index (χ2n) is 2.56. The molecule has 0 spiro atoms. The predicted molar refractivity (Wildman–Crippen MR) is 55.2 cm³/mol. The zero-order valence-corrected chi connectivity index (χ0v) is 9.63. The third-order valence-corrected chi connectivity index (χ3v) is 3.31. The summed E-state index contributed by atoms with van der Waals surface area (Å²) in [6.07, 6.45) is 3.06. The average Bonchev–Trinajstić information content (AvgIpc) is 2.06. The van der Waals surface area contributed by atoms with E-state index in [1.807, 2.05) is 19.9 Å². The van der Waals surface area contributed by atoms with E-state index < -0.39 is 0 Å². The molecule has 0 amide bonds. The summed E-state index contributed by atoms with van der Waals surface area (Å²) in [4.78, 5) is 0. The van der Waals surface area contributed by atoms with Crippen LogP contribution in [0, 0.1) is 0 Å². The molecule has 0 saturated heterocycles. The molecule has 0 aromatic heterocycles. The van der Waals surface area contributed by atoms with E-state index in [1.54, 1.807) is 0 Å². The van der Waals surface area contributed by atoms with E-state index in [4.69, 9.17) is 9.47 Å². The van der Waals surface area contributed by atoms with Crippen molar-refractivity contribution in [2.45, 2.75) is 32.2 Å². The third kappa shape index (κ3) is 6.58. The van der Waals surface area contributed by atoms with Crippen LogP contribution in [0.25, 0.3) is 0 Å². The Morgan fingerprint density at radius 2 is 1.92 bits per heavy atom. The molecule has 0 unspecified atom stereocenters. The fourth-order valence-electron chi connectivity index (χ4n) is 1.02. The molecule has 12 heavy (non-hydrogen) atoms. The van der Waals surface area contributed by atoms with Gasteiger partial charge in [0.1, 0.15) is 5.91 Å². The van der Waals surface area contributed by atoms with Gasteiger partial charge in [0.2, 0.25) is 0 Å². The van der Waals surface area contributed by atoms with Crippen molar-refractivity contribution in [3.63, 3.8) is 0 Å². The van der Waals surface area contributed by atoms with Crippen molar-refractivity contribution in [3.8, 4) is 0 Å². The SMILES string of the molecule is C=CCC[SiH2]C(OCC)OCC. The van der Waals surface area contributed by atoms with Crippen molar-refractivity contribution in [1.29, 1.82) is 0 Å². The van der Waals surface area contributed by atoms with Gasteiger partial charge >= 0.3 is 0 Å². The highest BCUT2D eigenvalue weighted by atomic mass is 28.2. The first-order valence-corrected chi connectivity index (χ1v) is 6.50. The molecule has 0 fully saturated rings. The van der Waals surface area contributed by atoms with Crippen LogP contribution < -0.4 is 0 Å². The second-order valence-corrected chi connectivity index (χ2v) is 4.51. The highest BCUT2D eigenvalue weighted by Gasteiger charge is 2.06. The molecule has 0 aromatic carbocycles. The molecule has 0 saturated carbocycles. The molecule has 2 nitrogen and oxygen atoms in total. The molecule has 0 heterocycles. The molecule has 0 aliphatic rings. The number of allylic oxidation sites excluding steroid dienone is 1. The lowest BCUT2D eigenvalue weighted by Gasteiger charge is -2.15. The predicted octanol–water partition coefficient (Wildman–Crippen LogP) is 1.51. The number of ether oxygens (including phenoxy) is 2. The first kappa shape index (κ1) is 11.9. The van der Waals surface area contributed by atoms with Crippen molar-refractivity contribution >= 4 is 9.52 Å². The fraction of sp³-hybridized carbons (Fsp3) is 0.778. The fourth-order valence-corrected chi connectivity index (χ4v) is 2.68. The Morgan fingerprint density at radius 1 is 1.33 bits per heavy atom. The summed E-state index contributed by atoms with van der Waals surface area (Å²) >= 11 is 0. The van der Waals surface area contributed by atoms with Gasteiger partial charge in [-0.25, -0.2) is 0 Å². The van der Waals surface area contributed by atoms with E-state index in [2.05, 4.69) is 6.58 Å². The summed E-state index contributed by atoms with van der Waals surface area (Å²) in [5, 5.41) is 0. The van der Waals surface area contributed by atoms with Gasteiger partial charge in [-0.05, 0) is 20.3 Å². The Morgan fingerprint density at radius 3 is 2.33 bits per heavy atom. The van der Waals surface area contributed by atoms with Crippen molar-refractivity contribution in [2.24, 2.45) is 0 Å². The van der Waals surface area contributed by atoms with E-state index in [0.29, 0.717) is 0 Å². The lowest BCUT2D eigenvalue weighted by atomic mass is 10.5. The number of rotatable bonds is 8. The molecular weight excluding hydrogens is 168 g/mol. The Kier molecular flexibility index (Phi) is 8.88. The van der Waals surface area contributed by atoms with Crippen molar-refractivity contribution < 1.29 is 9.47 Å². The minimum atomic E-state index is -0.223. The topological polar surface area (TPSA) is 18.5 Å². The summed E-state index contributed by atoms with van der Waals surface area (Å²) in [6, 6.07) is 1.23. The highest BCUT2D eigenvalue weighted by molar-refractivity contribution is 6.36. The van der Waals surface area contributed by atoms with Crippen LogP contribution in [0.5, 0.6) is 0 Å². The molecule has 0 aliphatic carbocycles. The maximum absolute atomic E-state index is 5.43. The summed E-state index contributed by atoms with van der Waals surface area (Å²) in [6.45, 7) is 9.22.